The van der Waals surface area contributed by atoms with Crippen LogP contribution in [0.4, 0.5) is 0 Å². The van der Waals surface area contributed by atoms with E-state index in [-0.39, 0.29) is 12.3 Å². The molecule has 7 heteroatoms. The summed E-state index contributed by atoms with van der Waals surface area (Å²) in [6, 6.07) is 0. The van der Waals surface area contributed by atoms with Crippen molar-refractivity contribution in [3.8, 4) is 0 Å². The summed E-state index contributed by atoms with van der Waals surface area (Å²) in [6.07, 6.45) is 2.06. The zero-order valence-corrected chi connectivity index (χ0v) is 15.3. The van der Waals surface area contributed by atoms with Crippen molar-refractivity contribution in [2.75, 3.05) is 7.11 Å². The Labute approximate surface area is 156 Å². The lowest BCUT2D eigenvalue weighted by molar-refractivity contribution is -0.169. The molecule has 1 aliphatic heterocycles. The second-order valence-corrected chi connectivity index (χ2v) is 9.15. The fraction of sp³-hybridized carbons (Fsp3) is 0.700. The Morgan fingerprint density at radius 2 is 2.11 bits per heavy atom. The molecule has 5 aliphatic rings. The maximum absolute atomic E-state index is 13.0. The van der Waals surface area contributed by atoms with E-state index in [1.807, 2.05) is 0 Å². The normalized spacial score (nSPS) is 57.3. The van der Waals surface area contributed by atoms with Crippen LogP contribution in [0.15, 0.2) is 24.3 Å². The molecule has 0 aromatic carbocycles. The summed E-state index contributed by atoms with van der Waals surface area (Å²) < 4.78 is 11.0. The minimum atomic E-state index is -1.32. The summed E-state index contributed by atoms with van der Waals surface area (Å²) in [5.41, 5.74) is -4.40. The van der Waals surface area contributed by atoms with Gasteiger partial charge in [-0.05, 0) is 37.8 Å². The van der Waals surface area contributed by atoms with Gasteiger partial charge in [-0.3, -0.25) is 9.59 Å². The SMILES string of the molecule is C=C1C(O)[C@]23C[C@@]1(O)CC[C@H]2[C@@]12C=C[C@H](O)[C@@](C)(C(=O)O1)C2C3C(=O)OC. The van der Waals surface area contributed by atoms with Crippen molar-refractivity contribution >= 4 is 11.9 Å². The van der Waals surface area contributed by atoms with Gasteiger partial charge in [0.25, 0.3) is 0 Å². The fourth-order valence-electron chi connectivity index (χ4n) is 7.27. The molecule has 3 N–H and O–H groups in total. The van der Waals surface area contributed by atoms with Gasteiger partial charge in [-0.15, -0.1) is 0 Å². The second-order valence-electron chi connectivity index (χ2n) is 9.15. The van der Waals surface area contributed by atoms with Crippen LogP contribution in [0.25, 0.3) is 0 Å². The molecule has 9 atom stereocenters. The van der Waals surface area contributed by atoms with E-state index < -0.39 is 58.0 Å². The number of carbonyl (C=O) groups is 2. The van der Waals surface area contributed by atoms with E-state index in [0.29, 0.717) is 18.4 Å². The van der Waals surface area contributed by atoms with Crippen molar-refractivity contribution in [1.82, 2.24) is 0 Å². The number of hydrogen-bond donors (Lipinski definition) is 3. The van der Waals surface area contributed by atoms with Crippen LogP contribution in [0.3, 0.4) is 0 Å². The lowest BCUT2D eigenvalue weighted by Gasteiger charge is -2.45. The maximum Gasteiger partial charge on any atom is 0.316 e. The number of aliphatic hydroxyl groups is 3. The third-order valence-electron chi connectivity index (χ3n) is 8.44. The topological polar surface area (TPSA) is 113 Å². The summed E-state index contributed by atoms with van der Waals surface area (Å²) in [6.45, 7) is 5.53. The van der Waals surface area contributed by atoms with Crippen LogP contribution in [0, 0.1) is 28.6 Å². The zero-order valence-electron chi connectivity index (χ0n) is 15.3. The molecular weight excluding hydrogens is 352 g/mol. The Morgan fingerprint density at radius 1 is 1.41 bits per heavy atom. The maximum atomic E-state index is 13.0. The molecule has 3 unspecified atom stereocenters. The molecule has 4 aliphatic carbocycles. The van der Waals surface area contributed by atoms with Crippen LogP contribution in [-0.4, -0.2) is 57.8 Å². The summed E-state index contributed by atoms with van der Waals surface area (Å²) >= 11 is 0. The molecule has 4 fully saturated rings. The number of ether oxygens (including phenoxy) is 2. The van der Waals surface area contributed by atoms with Crippen molar-refractivity contribution in [1.29, 1.82) is 0 Å². The molecule has 0 aromatic heterocycles. The molecule has 3 saturated carbocycles. The Balaban J connectivity index is 1.81. The molecule has 7 nitrogen and oxygen atoms in total. The first-order valence-corrected chi connectivity index (χ1v) is 9.38. The van der Waals surface area contributed by atoms with Gasteiger partial charge in [0, 0.05) is 17.3 Å². The Hall–Kier alpha value is -1.70. The van der Waals surface area contributed by atoms with Crippen LogP contribution >= 0.6 is 0 Å². The highest BCUT2D eigenvalue weighted by molar-refractivity contribution is 5.87. The first-order valence-electron chi connectivity index (χ1n) is 9.38. The number of carbonyl (C=O) groups excluding carboxylic acids is 2. The molecule has 0 amide bonds. The predicted molar refractivity (Wildman–Crippen MR) is 90.9 cm³/mol. The van der Waals surface area contributed by atoms with Crippen LogP contribution in [0.1, 0.15) is 26.2 Å². The largest absolute Gasteiger partial charge is 0.469 e. The number of esters is 2. The molecule has 5 rings (SSSR count). The molecule has 1 saturated heterocycles. The fourth-order valence-corrected chi connectivity index (χ4v) is 7.27. The van der Waals surface area contributed by atoms with E-state index in [1.165, 1.54) is 7.11 Å². The van der Waals surface area contributed by atoms with Crippen molar-refractivity contribution < 1.29 is 34.4 Å². The molecule has 4 bridgehead atoms. The van der Waals surface area contributed by atoms with E-state index in [9.17, 15) is 24.9 Å². The van der Waals surface area contributed by atoms with Gasteiger partial charge in [0.15, 0.2) is 0 Å². The highest BCUT2D eigenvalue weighted by Crippen LogP contribution is 2.77. The number of rotatable bonds is 1. The summed E-state index contributed by atoms with van der Waals surface area (Å²) in [4.78, 5) is 25.9. The first-order chi connectivity index (χ1) is 12.6. The zero-order chi connectivity index (χ0) is 19.6. The predicted octanol–water partition coefficient (Wildman–Crippen LogP) is 0.0863. The van der Waals surface area contributed by atoms with Gasteiger partial charge in [-0.2, -0.15) is 0 Å². The third-order valence-corrected chi connectivity index (χ3v) is 8.44. The monoisotopic (exact) mass is 376 g/mol. The lowest BCUT2D eigenvalue weighted by atomic mass is 9.60. The van der Waals surface area contributed by atoms with Gasteiger partial charge >= 0.3 is 11.9 Å². The van der Waals surface area contributed by atoms with Gasteiger partial charge in [-0.1, -0.05) is 12.7 Å². The minimum Gasteiger partial charge on any atom is -0.469 e. The molecular formula is C20H24O7. The Morgan fingerprint density at radius 3 is 2.78 bits per heavy atom. The van der Waals surface area contributed by atoms with Gasteiger partial charge in [0.2, 0.25) is 0 Å². The minimum absolute atomic E-state index is 0.167. The van der Waals surface area contributed by atoms with Crippen LogP contribution < -0.4 is 0 Å². The van der Waals surface area contributed by atoms with Crippen molar-refractivity contribution in [3.63, 3.8) is 0 Å². The molecule has 0 radical (unpaired) electrons. The van der Waals surface area contributed by atoms with Crippen LogP contribution in [0.2, 0.25) is 0 Å². The van der Waals surface area contributed by atoms with Crippen molar-refractivity contribution in [2.24, 2.45) is 28.6 Å². The second kappa shape index (κ2) is 4.64. The lowest BCUT2D eigenvalue weighted by Crippen LogP contribution is -2.52. The molecule has 1 heterocycles. The van der Waals surface area contributed by atoms with E-state index in [0.717, 1.165) is 0 Å². The molecule has 146 valence electrons. The molecule has 0 aromatic rings. The van der Waals surface area contributed by atoms with Crippen molar-refractivity contribution in [2.45, 2.75) is 49.6 Å². The quantitative estimate of drug-likeness (QED) is 0.439. The smallest absolute Gasteiger partial charge is 0.316 e. The Bertz CT molecular complexity index is 819. The summed E-state index contributed by atoms with van der Waals surface area (Å²) in [5, 5.41) is 32.9. The highest BCUT2D eigenvalue weighted by Gasteiger charge is 2.85. The van der Waals surface area contributed by atoms with Gasteiger partial charge in [0.05, 0.1) is 30.8 Å². The van der Waals surface area contributed by atoms with Gasteiger partial charge in [0.1, 0.15) is 11.0 Å². The molecule has 27 heavy (non-hydrogen) atoms. The summed E-state index contributed by atoms with van der Waals surface area (Å²) in [7, 11) is 1.27. The van der Waals surface area contributed by atoms with E-state index >= 15 is 0 Å². The standard InChI is InChI=1S/C20H24O7/c1-9-14(22)19-8-18(9,25)6-4-10(19)20-7-5-11(21)17(2,16(24)27-20)13(20)12(19)15(23)26-3/h5,7,10-14,21-22,25H,1,4,6,8H2,2-3H3/t10-,11+,12?,13?,14?,17-,18+,19-,20-/m1/s1. The van der Waals surface area contributed by atoms with E-state index in [2.05, 4.69) is 6.58 Å². The number of fused-ring (bicyclic) bond motifs is 1. The average Bonchev–Trinajstić information content (AvgIpc) is 3.04. The highest BCUT2D eigenvalue weighted by atomic mass is 16.6. The number of aliphatic hydroxyl groups excluding tert-OH is 2. The van der Waals surface area contributed by atoms with Crippen molar-refractivity contribution in [3.05, 3.63) is 24.3 Å². The van der Waals surface area contributed by atoms with Gasteiger partial charge < -0.3 is 24.8 Å². The first kappa shape index (κ1) is 17.4. The van der Waals surface area contributed by atoms with Gasteiger partial charge in [-0.25, -0.2) is 0 Å². The Kier molecular flexibility index (Phi) is 2.99. The summed E-state index contributed by atoms with van der Waals surface area (Å²) in [5.74, 6) is -3.05. The van der Waals surface area contributed by atoms with Crippen LogP contribution in [0.5, 0.6) is 0 Å². The van der Waals surface area contributed by atoms with E-state index in [4.69, 9.17) is 9.47 Å². The average molecular weight is 376 g/mol. The number of hydrogen-bond acceptors (Lipinski definition) is 7. The molecule has 1 spiro atoms. The van der Waals surface area contributed by atoms with Crippen LogP contribution in [-0.2, 0) is 19.1 Å². The van der Waals surface area contributed by atoms with E-state index in [1.54, 1.807) is 19.1 Å². The third kappa shape index (κ3) is 1.52. The number of methoxy groups -OCH3 is 1.